The van der Waals surface area contributed by atoms with Gasteiger partial charge in [0.05, 0.1) is 6.10 Å². The predicted molar refractivity (Wildman–Crippen MR) is 37.1 cm³/mol. The Hall–Kier alpha value is -0.0800. The van der Waals surface area contributed by atoms with Gasteiger partial charge in [0.2, 0.25) is 0 Å². The molecule has 0 heterocycles. The summed E-state index contributed by atoms with van der Waals surface area (Å²) in [4.78, 5) is 0. The van der Waals surface area contributed by atoms with Crippen LogP contribution < -0.4 is 0 Å². The fourth-order valence-electron chi connectivity index (χ4n) is 0.877. The van der Waals surface area contributed by atoms with Crippen LogP contribution in [-0.2, 0) is 4.74 Å². The van der Waals surface area contributed by atoms with E-state index in [2.05, 4.69) is 20.8 Å². The molecule has 0 bridgehead atoms. The molecule has 0 rings (SSSR count). The first-order valence-electron chi connectivity index (χ1n) is 3.44. The van der Waals surface area contributed by atoms with Gasteiger partial charge in [-0.05, 0) is 12.3 Å². The second kappa shape index (κ2) is 4.77. The molecule has 56 valence electrons. The molecule has 0 amide bonds. The summed E-state index contributed by atoms with van der Waals surface area (Å²) in [7, 11) is 0. The van der Waals surface area contributed by atoms with Crippen LogP contribution in [0.3, 0.4) is 0 Å². The van der Waals surface area contributed by atoms with Gasteiger partial charge in [-0.25, -0.2) is 0 Å². The number of aliphatic hydroxyl groups excluding tert-OH is 1. The highest BCUT2D eigenvalue weighted by atomic mass is 16.6. The molecule has 0 aliphatic carbocycles. The molecule has 1 unspecified atom stereocenters. The van der Waals surface area contributed by atoms with E-state index in [0.29, 0.717) is 5.92 Å². The Kier molecular flexibility index (Phi) is 4.72. The van der Waals surface area contributed by atoms with Crippen molar-refractivity contribution < 1.29 is 9.84 Å². The molecule has 0 spiro atoms. The molecule has 9 heavy (non-hydrogen) atoms. The van der Waals surface area contributed by atoms with Crippen LogP contribution in [0.4, 0.5) is 0 Å². The Morgan fingerprint density at radius 2 is 2.00 bits per heavy atom. The van der Waals surface area contributed by atoms with Gasteiger partial charge in [-0.1, -0.05) is 20.8 Å². The smallest absolute Gasteiger partial charge is 0.143 e. The van der Waals surface area contributed by atoms with Crippen molar-refractivity contribution in [2.75, 3.05) is 6.79 Å². The number of ether oxygens (including phenoxy) is 1. The monoisotopic (exact) mass is 132 g/mol. The molecular formula is C7H16O2. The second-order valence-electron chi connectivity index (χ2n) is 2.49. The second-order valence-corrected chi connectivity index (χ2v) is 2.49. The molecule has 0 aromatic carbocycles. The Balaban J connectivity index is 3.41. The lowest BCUT2D eigenvalue weighted by Crippen LogP contribution is -2.18. The third-order valence-electron chi connectivity index (χ3n) is 1.43. The fraction of sp³-hybridized carbons (Fsp3) is 1.00. The van der Waals surface area contributed by atoms with Crippen molar-refractivity contribution in [3.63, 3.8) is 0 Å². The van der Waals surface area contributed by atoms with Gasteiger partial charge in [0.15, 0.2) is 0 Å². The van der Waals surface area contributed by atoms with E-state index < -0.39 is 0 Å². The lowest BCUT2D eigenvalue weighted by molar-refractivity contribution is -0.0685. The summed E-state index contributed by atoms with van der Waals surface area (Å²) < 4.78 is 5.01. The molecule has 0 aromatic heterocycles. The van der Waals surface area contributed by atoms with Crippen molar-refractivity contribution in [3.05, 3.63) is 0 Å². The molecule has 0 saturated heterocycles. The highest BCUT2D eigenvalue weighted by Crippen LogP contribution is 2.08. The molecule has 0 aromatic rings. The van der Waals surface area contributed by atoms with Gasteiger partial charge in [-0.2, -0.15) is 0 Å². The van der Waals surface area contributed by atoms with E-state index in [0.717, 1.165) is 6.42 Å². The van der Waals surface area contributed by atoms with Crippen molar-refractivity contribution in [2.24, 2.45) is 5.92 Å². The van der Waals surface area contributed by atoms with Gasteiger partial charge in [-0.3, -0.25) is 0 Å². The number of hydrogen-bond acceptors (Lipinski definition) is 2. The maximum absolute atomic E-state index is 8.39. The van der Waals surface area contributed by atoms with E-state index in [9.17, 15) is 0 Å². The molecule has 0 radical (unpaired) electrons. The van der Waals surface area contributed by atoms with E-state index >= 15 is 0 Å². The first kappa shape index (κ1) is 8.92. The fourth-order valence-corrected chi connectivity index (χ4v) is 0.877. The minimum atomic E-state index is -0.156. The van der Waals surface area contributed by atoms with Gasteiger partial charge in [0, 0.05) is 0 Å². The van der Waals surface area contributed by atoms with Crippen molar-refractivity contribution >= 4 is 0 Å². The molecule has 1 atom stereocenters. The predicted octanol–water partition coefficient (Wildman–Crippen LogP) is 1.39. The topological polar surface area (TPSA) is 29.5 Å². The minimum Gasteiger partial charge on any atom is -0.371 e. The zero-order chi connectivity index (χ0) is 7.28. The normalized spacial score (nSPS) is 14.3. The molecule has 1 N–H and O–H groups in total. The number of hydrogen-bond donors (Lipinski definition) is 1. The average molecular weight is 132 g/mol. The molecule has 0 aliphatic rings. The summed E-state index contributed by atoms with van der Waals surface area (Å²) in [5, 5.41) is 8.39. The molecule has 0 fully saturated rings. The van der Waals surface area contributed by atoms with Gasteiger partial charge >= 0.3 is 0 Å². The van der Waals surface area contributed by atoms with Crippen LogP contribution in [0.25, 0.3) is 0 Å². The third-order valence-corrected chi connectivity index (χ3v) is 1.43. The van der Waals surface area contributed by atoms with Crippen LogP contribution in [0.5, 0.6) is 0 Å². The highest BCUT2D eigenvalue weighted by Gasteiger charge is 2.09. The van der Waals surface area contributed by atoms with Crippen LogP contribution in [0.1, 0.15) is 27.2 Å². The maximum atomic E-state index is 8.39. The lowest BCUT2D eigenvalue weighted by atomic mass is 10.1. The van der Waals surface area contributed by atoms with E-state index in [1.54, 1.807) is 0 Å². The highest BCUT2D eigenvalue weighted by molar-refractivity contribution is 4.57. The van der Waals surface area contributed by atoms with E-state index in [-0.39, 0.29) is 12.9 Å². The maximum Gasteiger partial charge on any atom is 0.143 e. The van der Waals surface area contributed by atoms with Crippen LogP contribution >= 0.6 is 0 Å². The van der Waals surface area contributed by atoms with E-state index in [4.69, 9.17) is 9.84 Å². The molecular weight excluding hydrogens is 116 g/mol. The van der Waals surface area contributed by atoms with E-state index in [1.165, 1.54) is 0 Å². The zero-order valence-corrected chi connectivity index (χ0v) is 6.42. The summed E-state index contributed by atoms with van der Waals surface area (Å²) in [6.07, 6.45) is 1.19. The summed E-state index contributed by atoms with van der Waals surface area (Å²) >= 11 is 0. The van der Waals surface area contributed by atoms with Crippen LogP contribution in [0, 0.1) is 5.92 Å². The molecule has 0 saturated carbocycles. The first-order valence-corrected chi connectivity index (χ1v) is 3.44. The Morgan fingerprint density at radius 3 is 2.11 bits per heavy atom. The number of rotatable bonds is 4. The largest absolute Gasteiger partial charge is 0.371 e. The van der Waals surface area contributed by atoms with Crippen LogP contribution in [0.2, 0.25) is 0 Å². The van der Waals surface area contributed by atoms with Crippen molar-refractivity contribution in [1.29, 1.82) is 0 Å². The first-order chi connectivity index (χ1) is 4.22. The Labute approximate surface area is 56.8 Å². The van der Waals surface area contributed by atoms with Crippen molar-refractivity contribution in [2.45, 2.75) is 33.3 Å². The summed E-state index contributed by atoms with van der Waals surface area (Å²) in [5.41, 5.74) is 0. The number of aliphatic hydroxyl groups is 1. The third kappa shape index (κ3) is 3.49. The zero-order valence-electron chi connectivity index (χ0n) is 6.42. The van der Waals surface area contributed by atoms with Gasteiger partial charge in [0.1, 0.15) is 6.79 Å². The minimum absolute atomic E-state index is 0.156. The Morgan fingerprint density at radius 1 is 1.44 bits per heavy atom. The standard InChI is InChI=1S/C7H16O2/c1-4-7(6(2)3)9-5-8/h6-8H,4-5H2,1-3H3. The summed E-state index contributed by atoms with van der Waals surface area (Å²) in [5.74, 6) is 0.502. The van der Waals surface area contributed by atoms with E-state index in [1.807, 2.05) is 0 Å². The molecule has 2 nitrogen and oxygen atoms in total. The van der Waals surface area contributed by atoms with Gasteiger partial charge < -0.3 is 9.84 Å². The Bertz CT molecular complexity index is 61.9. The lowest BCUT2D eigenvalue weighted by Gasteiger charge is -2.17. The molecule has 0 aliphatic heterocycles. The quantitative estimate of drug-likeness (QED) is 0.586. The van der Waals surface area contributed by atoms with Crippen LogP contribution in [0.15, 0.2) is 0 Å². The van der Waals surface area contributed by atoms with Crippen LogP contribution in [-0.4, -0.2) is 18.0 Å². The van der Waals surface area contributed by atoms with Gasteiger partial charge in [0.25, 0.3) is 0 Å². The van der Waals surface area contributed by atoms with Gasteiger partial charge in [-0.15, -0.1) is 0 Å². The van der Waals surface area contributed by atoms with Crippen molar-refractivity contribution in [3.8, 4) is 0 Å². The van der Waals surface area contributed by atoms with Crippen molar-refractivity contribution in [1.82, 2.24) is 0 Å². The summed E-state index contributed by atoms with van der Waals surface area (Å²) in [6.45, 7) is 6.07. The average Bonchev–Trinajstić information content (AvgIpc) is 1.82. The SMILES string of the molecule is CCC(OCO)C(C)C. The summed E-state index contributed by atoms with van der Waals surface area (Å²) in [6, 6.07) is 0. The molecule has 2 heteroatoms.